The topological polar surface area (TPSA) is 41.1 Å². The molecular formula is C15H29ClN2O. The standard InChI is InChI=1S/C15H28N2O.ClH/c1-15(2,3)12-6-4-5-7-13(12)17-14(18)11-8-9-16-10-11;/h11-13,16H,4-10H2,1-3H3,(H,17,18);1H. The van der Waals surface area contributed by atoms with Crippen molar-refractivity contribution in [1.29, 1.82) is 0 Å². The van der Waals surface area contributed by atoms with E-state index in [1.165, 1.54) is 19.3 Å². The Balaban J connectivity index is 0.00000180. The van der Waals surface area contributed by atoms with E-state index in [4.69, 9.17) is 0 Å². The fourth-order valence-electron chi connectivity index (χ4n) is 3.52. The number of halogens is 1. The Hall–Kier alpha value is -0.280. The van der Waals surface area contributed by atoms with Gasteiger partial charge in [0, 0.05) is 12.6 Å². The number of hydrogen-bond acceptors (Lipinski definition) is 2. The van der Waals surface area contributed by atoms with Crippen LogP contribution in [0.5, 0.6) is 0 Å². The van der Waals surface area contributed by atoms with Gasteiger partial charge in [0.1, 0.15) is 0 Å². The molecule has 1 aliphatic carbocycles. The van der Waals surface area contributed by atoms with E-state index < -0.39 is 0 Å². The van der Waals surface area contributed by atoms with Crippen molar-refractivity contribution in [2.45, 2.75) is 58.9 Å². The van der Waals surface area contributed by atoms with Crippen LogP contribution in [0.1, 0.15) is 52.9 Å². The average molecular weight is 289 g/mol. The predicted octanol–water partition coefficient (Wildman–Crippen LogP) is 2.74. The highest BCUT2D eigenvalue weighted by atomic mass is 35.5. The largest absolute Gasteiger partial charge is 0.353 e. The van der Waals surface area contributed by atoms with Crippen LogP contribution in [-0.4, -0.2) is 25.0 Å². The molecule has 3 atom stereocenters. The van der Waals surface area contributed by atoms with Gasteiger partial charge in [-0.2, -0.15) is 0 Å². The second-order valence-corrected chi connectivity index (χ2v) is 7.06. The highest BCUT2D eigenvalue weighted by Gasteiger charge is 2.36. The maximum absolute atomic E-state index is 12.2. The lowest BCUT2D eigenvalue weighted by molar-refractivity contribution is -0.126. The van der Waals surface area contributed by atoms with Crippen molar-refractivity contribution < 1.29 is 4.79 Å². The molecule has 1 heterocycles. The molecule has 1 amide bonds. The van der Waals surface area contributed by atoms with Crippen LogP contribution in [0.3, 0.4) is 0 Å². The highest BCUT2D eigenvalue weighted by Crippen LogP contribution is 2.38. The Bertz CT molecular complexity index is 295. The van der Waals surface area contributed by atoms with Crippen LogP contribution in [-0.2, 0) is 4.79 Å². The Labute approximate surface area is 123 Å². The monoisotopic (exact) mass is 288 g/mol. The summed E-state index contributed by atoms with van der Waals surface area (Å²) in [6.07, 6.45) is 6.00. The van der Waals surface area contributed by atoms with Crippen molar-refractivity contribution in [1.82, 2.24) is 10.6 Å². The van der Waals surface area contributed by atoms with Gasteiger partial charge in [0.15, 0.2) is 0 Å². The number of carbonyl (C=O) groups is 1. The molecule has 0 aromatic carbocycles. The summed E-state index contributed by atoms with van der Waals surface area (Å²) >= 11 is 0. The third-order valence-corrected chi connectivity index (χ3v) is 4.64. The van der Waals surface area contributed by atoms with Gasteiger partial charge in [-0.25, -0.2) is 0 Å². The molecule has 0 aromatic heterocycles. The van der Waals surface area contributed by atoms with Crippen molar-refractivity contribution in [2.24, 2.45) is 17.3 Å². The summed E-state index contributed by atoms with van der Waals surface area (Å²) in [6, 6.07) is 0.395. The van der Waals surface area contributed by atoms with E-state index in [0.29, 0.717) is 17.4 Å². The molecule has 2 aliphatic rings. The summed E-state index contributed by atoms with van der Waals surface area (Å²) < 4.78 is 0. The first-order valence-electron chi connectivity index (χ1n) is 7.49. The Morgan fingerprint density at radius 3 is 2.42 bits per heavy atom. The summed E-state index contributed by atoms with van der Waals surface area (Å²) in [5.74, 6) is 1.11. The van der Waals surface area contributed by atoms with Gasteiger partial charge < -0.3 is 10.6 Å². The molecule has 0 aromatic rings. The molecule has 2 rings (SSSR count). The molecule has 112 valence electrons. The highest BCUT2D eigenvalue weighted by molar-refractivity contribution is 5.85. The maximum atomic E-state index is 12.2. The molecule has 0 radical (unpaired) electrons. The normalized spacial score (nSPS) is 31.6. The molecule has 2 fully saturated rings. The van der Waals surface area contributed by atoms with E-state index >= 15 is 0 Å². The van der Waals surface area contributed by atoms with Gasteiger partial charge in [-0.05, 0) is 37.1 Å². The van der Waals surface area contributed by atoms with Crippen LogP contribution >= 0.6 is 12.4 Å². The summed E-state index contributed by atoms with van der Waals surface area (Å²) in [4.78, 5) is 12.2. The molecule has 1 saturated heterocycles. The van der Waals surface area contributed by atoms with Gasteiger partial charge in [-0.3, -0.25) is 4.79 Å². The lowest BCUT2D eigenvalue weighted by Gasteiger charge is -2.41. The van der Waals surface area contributed by atoms with Crippen LogP contribution < -0.4 is 10.6 Å². The maximum Gasteiger partial charge on any atom is 0.224 e. The van der Waals surface area contributed by atoms with E-state index in [2.05, 4.69) is 31.4 Å². The SMILES string of the molecule is CC(C)(C)C1CCCCC1NC(=O)C1CCNC1.Cl. The fraction of sp³-hybridized carbons (Fsp3) is 0.933. The van der Waals surface area contributed by atoms with E-state index in [1.54, 1.807) is 0 Å². The lowest BCUT2D eigenvalue weighted by atomic mass is 9.69. The predicted molar refractivity (Wildman–Crippen MR) is 81.6 cm³/mol. The van der Waals surface area contributed by atoms with Gasteiger partial charge in [0.2, 0.25) is 5.91 Å². The number of rotatable bonds is 2. The summed E-state index contributed by atoms with van der Waals surface area (Å²) in [5.41, 5.74) is 0.298. The van der Waals surface area contributed by atoms with Crippen LogP contribution in [0.2, 0.25) is 0 Å². The third kappa shape index (κ3) is 4.35. The summed E-state index contributed by atoms with van der Waals surface area (Å²) in [7, 11) is 0. The zero-order chi connectivity index (χ0) is 13.2. The molecule has 0 bridgehead atoms. The Kier molecular flexibility index (Phi) is 6.13. The molecule has 19 heavy (non-hydrogen) atoms. The third-order valence-electron chi connectivity index (χ3n) is 4.64. The second kappa shape index (κ2) is 6.94. The van der Waals surface area contributed by atoms with Crippen LogP contribution in [0.4, 0.5) is 0 Å². The van der Waals surface area contributed by atoms with Crippen molar-refractivity contribution in [3.63, 3.8) is 0 Å². The van der Waals surface area contributed by atoms with Gasteiger partial charge in [-0.15, -0.1) is 12.4 Å². The first-order chi connectivity index (χ1) is 8.48. The number of amides is 1. The van der Waals surface area contributed by atoms with Crippen molar-refractivity contribution in [3.8, 4) is 0 Å². The molecule has 0 spiro atoms. The molecule has 2 N–H and O–H groups in total. The molecule has 3 unspecified atom stereocenters. The average Bonchev–Trinajstić information content (AvgIpc) is 2.81. The van der Waals surface area contributed by atoms with Crippen molar-refractivity contribution in [2.75, 3.05) is 13.1 Å². The number of carbonyl (C=O) groups excluding carboxylic acids is 1. The zero-order valence-corrected chi connectivity index (χ0v) is 13.3. The lowest BCUT2D eigenvalue weighted by Crippen LogP contribution is -2.48. The first kappa shape index (κ1) is 16.8. The molecule has 1 saturated carbocycles. The van der Waals surface area contributed by atoms with E-state index in [-0.39, 0.29) is 24.2 Å². The minimum Gasteiger partial charge on any atom is -0.353 e. The van der Waals surface area contributed by atoms with Crippen LogP contribution in [0, 0.1) is 17.3 Å². The van der Waals surface area contributed by atoms with Gasteiger partial charge in [0.25, 0.3) is 0 Å². The minimum atomic E-state index is 0. The zero-order valence-electron chi connectivity index (χ0n) is 12.5. The van der Waals surface area contributed by atoms with Crippen LogP contribution in [0.25, 0.3) is 0 Å². The van der Waals surface area contributed by atoms with E-state index in [9.17, 15) is 4.79 Å². The Morgan fingerprint density at radius 1 is 1.16 bits per heavy atom. The van der Waals surface area contributed by atoms with Gasteiger partial charge >= 0.3 is 0 Å². The van der Waals surface area contributed by atoms with Crippen molar-refractivity contribution >= 4 is 18.3 Å². The minimum absolute atomic E-state index is 0. The van der Waals surface area contributed by atoms with E-state index in [0.717, 1.165) is 25.9 Å². The Morgan fingerprint density at radius 2 is 1.84 bits per heavy atom. The second-order valence-electron chi connectivity index (χ2n) is 7.06. The number of nitrogens with one attached hydrogen (secondary N) is 2. The molecule has 3 nitrogen and oxygen atoms in total. The molecule has 1 aliphatic heterocycles. The molecule has 4 heteroatoms. The smallest absolute Gasteiger partial charge is 0.224 e. The van der Waals surface area contributed by atoms with Crippen molar-refractivity contribution in [3.05, 3.63) is 0 Å². The van der Waals surface area contributed by atoms with Gasteiger partial charge in [-0.1, -0.05) is 33.6 Å². The van der Waals surface area contributed by atoms with Crippen LogP contribution in [0.15, 0.2) is 0 Å². The van der Waals surface area contributed by atoms with Gasteiger partial charge in [0.05, 0.1) is 5.92 Å². The summed E-state index contributed by atoms with van der Waals surface area (Å²) in [5, 5.41) is 6.61. The summed E-state index contributed by atoms with van der Waals surface area (Å²) in [6.45, 7) is 8.77. The van der Waals surface area contributed by atoms with E-state index in [1.807, 2.05) is 0 Å². The molecular weight excluding hydrogens is 260 g/mol. The number of hydrogen-bond donors (Lipinski definition) is 2. The quantitative estimate of drug-likeness (QED) is 0.820. The first-order valence-corrected chi connectivity index (χ1v) is 7.49. The fourth-order valence-corrected chi connectivity index (χ4v) is 3.52.